The summed E-state index contributed by atoms with van der Waals surface area (Å²) in [6.45, 7) is 0.236. The highest BCUT2D eigenvalue weighted by atomic mass is 35.5. The molecule has 1 saturated heterocycles. The molecule has 0 atom stereocenters. The Morgan fingerprint density at radius 1 is 1.10 bits per heavy atom. The van der Waals surface area contributed by atoms with Gasteiger partial charge in [0.1, 0.15) is 0 Å². The zero-order chi connectivity index (χ0) is 22.4. The van der Waals surface area contributed by atoms with Gasteiger partial charge in [-0.25, -0.2) is 0 Å². The molecular formula is C20H17Cl2N3O5S. The van der Waals surface area contributed by atoms with E-state index >= 15 is 0 Å². The summed E-state index contributed by atoms with van der Waals surface area (Å²) in [6.07, 6.45) is 2.94. The van der Waals surface area contributed by atoms with Crippen LogP contribution in [0.4, 0.5) is 4.79 Å². The number of nitrogens with one attached hydrogen (secondary N) is 2. The molecule has 11 heteroatoms. The molecule has 162 valence electrons. The summed E-state index contributed by atoms with van der Waals surface area (Å²) in [6, 6.07) is 8.10. The molecule has 0 aliphatic carbocycles. The molecule has 8 nitrogen and oxygen atoms in total. The van der Waals surface area contributed by atoms with Crippen LogP contribution in [0.1, 0.15) is 22.5 Å². The standard InChI is InChI=1S/C20H17Cl2N3O5S/c21-13-4-1-3-12(17(13)22)11-15-19(28)25(20(29)31-15)9-8-23-16(26)6-7-24-18(27)14-5-2-10-30-14/h1-5,10-11H,6-9H2,(H,23,26)(H,24,27)/b15-11-. The predicted molar refractivity (Wildman–Crippen MR) is 118 cm³/mol. The van der Waals surface area contributed by atoms with E-state index in [4.69, 9.17) is 27.6 Å². The van der Waals surface area contributed by atoms with Gasteiger partial charge in [-0.3, -0.25) is 24.1 Å². The second-order valence-corrected chi connectivity index (χ2v) is 8.09. The van der Waals surface area contributed by atoms with Gasteiger partial charge in [-0.1, -0.05) is 35.3 Å². The SMILES string of the molecule is O=C(CCNC(=O)c1ccco1)NCCN1C(=O)S/C(=C\c2cccc(Cl)c2Cl)C1=O. The number of nitrogens with zero attached hydrogens (tertiary/aromatic N) is 1. The van der Waals surface area contributed by atoms with Gasteiger partial charge in [-0.05, 0) is 41.6 Å². The van der Waals surface area contributed by atoms with Crippen LogP contribution in [0, 0.1) is 0 Å². The molecule has 0 spiro atoms. The number of benzene rings is 1. The molecule has 0 saturated carbocycles. The summed E-state index contributed by atoms with van der Waals surface area (Å²) in [5.41, 5.74) is 0.532. The molecule has 0 bridgehead atoms. The minimum absolute atomic E-state index is 0.0236. The lowest BCUT2D eigenvalue weighted by atomic mass is 10.2. The quantitative estimate of drug-likeness (QED) is 0.557. The van der Waals surface area contributed by atoms with E-state index in [1.807, 2.05) is 0 Å². The minimum Gasteiger partial charge on any atom is -0.459 e. The first-order valence-electron chi connectivity index (χ1n) is 9.14. The highest BCUT2D eigenvalue weighted by molar-refractivity contribution is 8.18. The lowest BCUT2D eigenvalue weighted by Crippen LogP contribution is -2.38. The van der Waals surface area contributed by atoms with Crippen molar-refractivity contribution in [2.45, 2.75) is 6.42 Å². The Morgan fingerprint density at radius 3 is 2.65 bits per heavy atom. The number of rotatable bonds is 8. The molecule has 0 radical (unpaired) electrons. The van der Waals surface area contributed by atoms with E-state index in [2.05, 4.69) is 10.6 Å². The third kappa shape index (κ3) is 5.90. The monoisotopic (exact) mass is 481 g/mol. The summed E-state index contributed by atoms with van der Waals surface area (Å²) in [4.78, 5) is 49.6. The number of imide groups is 1. The van der Waals surface area contributed by atoms with Crippen molar-refractivity contribution >= 4 is 64.0 Å². The molecule has 2 heterocycles. The van der Waals surface area contributed by atoms with Crippen molar-refractivity contribution < 1.29 is 23.6 Å². The van der Waals surface area contributed by atoms with Crippen molar-refractivity contribution in [3.8, 4) is 0 Å². The number of halogens is 2. The van der Waals surface area contributed by atoms with Gasteiger partial charge >= 0.3 is 0 Å². The molecule has 4 amide bonds. The first-order chi connectivity index (χ1) is 14.9. The molecule has 0 unspecified atom stereocenters. The molecule has 31 heavy (non-hydrogen) atoms. The second-order valence-electron chi connectivity index (χ2n) is 6.31. The molecule has 1 aliphatic rings. The fourth-order valence-electron chi connectivity index (χ4n) is 2.65. The van der Waals surface area contributed by atoms with Crippen molar-refractivity contribution in [2.75, 3.05) is 19.6 Å². The van der Waals surface area contributed by atoms with Crippen molar-refractivity contribution in [3.63, 3.8) is 0 Å². The molecule has 1 fully saturated rings. The van der Waals surface area contributed by atoms with E-state index in [1.165, 1.54) is 18.4 Å². The van der Waals surface area contributed by atoms with Gasteiger partial charge in [-0.2, -0.15) is 0 Å². The molecule has 2 aromatic rings. The zero-order valence-electron chi connectivity index (χ0n) is 16.0. The predicted octanol–water partition coefficient (Wildman–Crippen LogP) is 3.56. The summed E-state index contributed by atoms with van der Waals surface area (Å²) in [5, 5.41) is 5.37. The summed E-state index contributed by atoms with van der Waals surface area (Å²) in [7, 11) is 0. The smallest absolute Gasteiger partial charge is 0.293 e. The van der Waals surface area contributed by atoms with Crippen molar-refractivity contribution in [3.05, 3.63) is 62.9 Å². The Balaban J connectivity index is 1.45. The van der Waals surface area contributed by atoms with Crippen molar-refractivity contribution in [1.29, 1.82) is 0 Å². The topological polar surface area (TPSA) is 109 Å². The molecule has 1 aromatic heterocycles. The van der Waals surface area contributed by atoms with Crippen molar-refractivity contribution in [2.24, 2.45) is 0 Å². The van der Waals surface area contributed by atoms with Crippen LogP contribution in [0.5, 0.6) is 0 Å². The zero-order valence-corrected chi connectivity index (χ0v) is 18.4. The van der Waals surface area contributed by atoms with Crippen LogP contribution in [0.15, 0.2) is 45.9 Å². The minimum atomic E-state index is -0.467. The fourth-order valence-corrected chi connectivity index (χ4v) is 3.86. The van der Waals surface area contributed by atoms with Crippen LogP contribution in [-0.2, 0) is 9.59 Å². The highest BCUT2D eigenvalue weighted by Gasteiger charge is 2.34. The number of hydrogen-bond acceptors (Lipinski definition) is 6. The van der Waals surface area contributed by atoms with Gasteiger partial charge in [0.05, 0.1) is 21.2 Å². The number of carbonyl (C=O) groups is 4. The largest absolute Gasteiger partial charge is 0.459 e. The van der Waals surface area contributed by atoms with Gasteiger partial charge in [0, 0.05) is 26.1 Å². The van der Waals surface area contributed by atoms with Gasteiger partial charge in [0.25, 0.3) is 17.1 Å². The molecule has 1 aliphatic heterocycles. The van der Waals surface area contributed by atoms with Crippen LogP contribution < -0.4 is 10.6 Å². The Labute approximate surface area is 191 Å². The summed E-state index contributed by atoms with van der Waals surface area (Å²) >= 11 is 12.9. The highest BCUT2D eigenvalue weighted by Crippen LogP contribution is 2.34. The number of carbonyl (C=O) groups excluding carboxylic acids is 4. The molecule has 3 rings (SSSR count). The van der Waals surface area contributed by atoms with E-state index in [9.17, 15) is 19.2 Å². The third-order valence-corrected chi connectivity index (χ3v) is 5.92. The maximum absolute atomic E-state index is 12.5. The van der Waals surface area contributed by atoms with E-state index < -0.39 is 17.1 Å². The van der Waals surface area contributed by atoms with Gasteiger partial charge in [0.15, 0.2) is 5.76 Å². The Hall–Kier alpha value is -2.75. The molecule has 2 N–H and O–H groups in total. The average molecular weight is 482 g/mol. The van der Waals surface area contributed by atoms with Gasteiger partial charge in [-0.15, -0.1) is 0 Å². The summed E-state index contributed by atoms with van der Waals surface area (Å²) < 4.78 is 4.95. The average Bonchev–Trinajstić information content (AvgIpc) is 3.36. The Kier molecular flexibility index (Phi) is 7.78. The van der Waals surface area contributed by atoms with Crippen LogP contribution in [0.25, 0.3) is 6.08 Å². The molecule has 1 aromatic carbocycles. The van der Waals surface area contributed by atoms with Crippen LogP contribution in [-0.4, -0.2) is 47.5 Å². The van der Waals surface area contributed by atoms with Gasteiger partial charge in [0.2, 0.25) is 5.91 Å². The lowest BCUT2D eigenvalue weighted by Gasteiger charge is -2.13. The van der Waals surface area contributed by atoms with E-state index in [0.29, 0.717) is 15.6 Å². The van der Waals surface area contributed by atoms with E-state index in [1.54, 1.807) is 24.3 Å². The maximum Gasteiger partial charge on any atom is 0.293 e. The summed E-state index contributed by atoms with van der Waals surface area (Å²) in [5.74, 6) is -1.05. The Morgan fingerprint density at radius 2 is 1.90 bits per heavy atom. The number of thioether (sulfide) groups is 1. The van der Waals surface area contributed by atoms with Crippen LogP contribution in [0.3, 0.4) is 0 Å². The fraction of sp³-hybridized carbons (Fsp3) is 0.200. The lowest BCUT2D eigenvalue weighted by molar-refractivity contribution is -0.124. The third-order valence-electron chi connectivity index (χ3n) is 4.18. The van der Waals surface area contributed by atoms with Crippen molar-refractivity contribution in [1.82, 2.24) is 15.5 Å². The van der Waals surface area contributed by atoms with Gasteiger partial charge < -0.3 is 15.1 Å². The molecular weight excluding hydrogens is 465 g/mol. The van der Waals surface area contributed by atoms with E-state index in [-0.39, 0.29) is 42.6 Å². The first kappa shape index (κ1) is 22.9. The van der Waals surface area contributed by atoms with E-state index in [0.717, 1.165) is 16.7 Å². The second kappa shape index (κ2) is 10.5. The van der Waals surface area contributed by atoms with Crippen LogP contribution >= 0.6 is 35.0 Å². The first-order valence-corrected chi connectivity index (χ1v) is 10.7. The number of amides is 4. The van der Waals surface area contributed by atoms with Crippen LogP contribution in [0.2, 0.25) is 10.0 Å². The number of hydrogen-bond donors (Lipinski definition) is 2. The number of furan rings is 1. The Bertz CT molecular complexity index is 1040. The maximum atomic E-state index is 12.5. The normalized spacial score (nSPS) is 14.9.